The molecule has 2 heterocycles. The van der Waals surface area contributed by atoms with Crippen LogP contribution in [0.3, 0.4) is 0 Å². The van der Waals surface area contributed by atoms with Crippen LogP contribution in [0.4, 0.5) is 0 Å². The van der Waals surface area contributed by atoms with E-state index in [1.165, 1.54) is 77.1 Å². The topological polar surface area (TPSA) is 29.3 Å². The van der Waals surface area contributed by atoms with Crippen molar-refractivity contribution in [2.45, 2.75) is 23.9 Å². The lowest BCUT2D eigenvalue weighted by Crippen LogP contribution is -2.41. The van der Waals surface area contributed by atoms with Gasteiger partial charge in [-0.25, -0.2) is 0 Å². The maximum Gasteiger partial charge on any atom is 0.146 e. The number of hydrogen-bond acceptors (Lipinski definition) is 2. The van der Waals surface area contributed by atoms with E-state index >= 15 is 0 Å². The second-order valence-corrected chi connectivity index (χ2v) is 15.4. The van der Waals surface area contributed by atoms with E-state index in [-0.39, 0.29) is 6.17 Å². The van der Waals surface area contributed by atoms with E-state index in [4.69, 9.17) is 4.99 Å². The van der Waals surface area contributed by atoms with E-state index in [9.17, 15) is 0 Å². The van der Waals surface area contributed by atoms with Gasteiger partial charge in [-0.15, -0.1) is 0 Å². The van der Waals surface area contributed by atoms with Gasteiger partial charge in [0.05, 0.1) is 16.4 Å². The highest BCUT2D eigenvalue weighted by atomic mass is 15.2. The van der Waals surface area contributed by atoms with Crippen molar-refractivity contribution in [3.05, 3.63) is 203 Å². The second-order valence-electron chi connectivity index (χ2n) is 15.4. The second kappa shape index (κ2) is 10.5. The lowest BCUT2D eigenvalue weighted by atomic mass is 9.77. The molecule has 1 aromatic heterocycles. The average molecular weight is 688 g/mol. The first kappa shape index (κ1) is 28.8. The Balaban J connectivity index is 1.16. The number of fused-ring (bicyclic) bond motifs is 13. The van der Waals surface area contributed by atoms with Crippen molar-refractivity contribution in [2.75, 3.05) is 0 Å². The number of benzene rings is 8. The fourth-order valence-electron chi connectivity index (χ4n) is 10.5. The lowest BCUT2D eigenvalue weighted by molar-refractivity contribution is 0.618. The van der Waals surface area contributed by atoms with Gasteiger partial charge in [-0.05, 0) is 115 Å². The molecule has 1 fully saturated rings. The summed E-state index contributed by atoms with van der Waals surface area (Å²) in [5, 5.41) is 11.2. The van der Waals surface area contributed by atoms with Gasteiger partial charge in [0.25, 0.3) is 0 Å². The molecule has 0 bridgehead atoms. The number of nitrogens with zero attached hydrogens (tertiary/aromatic N) is 2. The van der Waals surface area contributed by atoms with Crippen LogP contribution in [-0.4, -0.2) is 4.57 Å². The van der Waals surface area contributed by atoms with Crippen LogP contribution in [0.25, 0.3) is 71.8 Å². The molecule has 0 radical (unpaired) electrons. The Kier molecular flexibility index (Phi) is 5.58. The molecule has 4 unspecified atom stereocenters. The molecule has 3 nitrogen and oxygen atoms in total. The van der Waals surface area contributed by atoms with Gasteiger partial charge in [-0.1, -0.05) is 133 Å². The molecule has 0 amide bonds. The first-order valence-electron chi connectivity index (χ1n) is 19.1. The van der Waals surface area contributed by atoms with Crippen molar-refractivity contribution in [1.29, 1.82) is 0 Å². The third-order valence-corrected chi connectivity index (χ3v) is 12.8. The van der Waals surface area contributed by atoms with Crippen LogP contribution in [0.2, 0.25) is 0 Å². The van der Waals surface area contributed by atoms with Gasteiger partial charge in [-0.2, -0.15) is 0 Å². The number of hydrogen-bond donors (Lipinski definition) is 1. The molecular weight excluding hydrogens is 655 g/mol. The van der Waals surface area contributed by atoms with E-state index in [0.29, 0.717) is 17.8 Å². The van der Waals surface area contributed by atoms with Crippen LogP contribution in [0.1, 0.15) is 46.2 Å². The van der Waals surface area contributed by atoms with Crippen molar-refractivity contribution in [2.24, 2.45) is 4.99 Å². The molecule has 4 aliphatic rings. The van der Waals surface area contributed by atoms with Crippen LogP contribution in [-0.2, 0) is 0 Å². The number of nitrogens with one attached hydrogen (secondary N) is 1. The predicted molar refractivity (Wildman–Crippen MR) is 220 cm³/mol. The van der Waals surface area contributed by atoms with Gasteiger partial charge in [0.1, 0.15) is 12.0 Å². The Labute approximate surface area is 312 Å². The molecule has 8 aromatic carbocycles. The largest absolute Gasteiger partial charge is 0.345 e. The maximum atomic E-state index is 5.34. The normalized spacial score (nSPS) is 19.7. The van der Waals surface area contributed by atoms with Crippen LogP contribution in [0.5, 0.6) is 0 Å². The summed E-state index contributed by atoms with van der Waals surface area (Å²) >= 11 is 0. The highest BCUT2D eigenvalue weighted by Crippen LogP contribution is 2.76. The Bertz CT molecular complexity index is 3220. The fraction of sp³-hybridized carbons (Fsp3) is 0.0784. The molecule has 0 spiro atoms. The van der Waals surface area contributed by atoms with Gasteiger partial charge < -0.3 is 5.32 Å². The number of para-hydroxylation sites is 1. The Hall–Kier alpha value is -6.71. The zero-order chi connectivity index (χ0) is 35.1. The minimum Gasteiger partial charge on any atom is -0.345 e. The molecule has 1 saturated carbocycles. The molecule has 13 rings (SSSR count). The summed E-state index contributed by atoms with van der Waals surface area (Å²) in [4.78, 5) is 5.34. The summed E-state index contributed by atoms with van der Waals surface area (Å²) in [5.41, 5.74) is 16.2. The molecule has 252 valence electrons. The smallest absolute Gasteiger partial charge is 0.146 e. The molecule has 3 aliphatic carbocycles. The van der Waals surface area contributed by atoms with Crippen molar-refractivity contribution in [3.63, 3.8) is 0 Å². The molecule has 3 heteroatoms. The first-order valence-corrected chi connectivity index (χ1v) is 19.1. The summed E-state index contributed by atoms with van der Waals surface area (Å²) in [6.07, 6.45) is -0.249. The van der Waals surface area contributed by atoms with Crippen molar-refractivity contribution in [1.82, 2.24) is 9.88 Å². The van der Waals surface area contributed by atoms with Crippen molar-refractivity contribution in [3.8, 4) is 33.4 Å². The Morgan fingerprint density at radius 3 is 2.09 bits per heavy atom. The summed E-state index contributed by atoms with van der Waals surface area (Å²) in [7, 11) is 0. The third-order valence-electron chi connectivity index (χ3n) is 12.8. The SMILES string of the molecule is c1ccc(-c2ccc3c(c2)c2c4c5c(cc2n3C2=c3ccccc3=NC(c3ccc6ccccc6c3)N2)-c2ccccc2C2C(c3ccccc3-4)C52)cc1. The van der Waals surface area contributed by atoms with Gasteiger partial charge >= 0.3 is 0 Å². The quantitative estimate of drug-likeness (QED) is 0.197. The van der Waals surface area contributed by atoms with Crippen LogP contribution in [0, 0.1) is 0 Å². The molecule has 1 N–H and O–H groups in total. The third kappa shape index (κ3) is 3.78. The molecule has 0 saturated heterocycles. The highest BCUT2D eigenvalue weighted by Gasteiger charge is 2.60. The van der Waals surface area contributed by atoms with Crippen LogP contribution in [0.15, 0.2) is 175 Å². The Morgan fingerprint density at radius 1 is 0.500 bits per heavy atom. The summed E-state index contributed by atoms with van der Waals surface area (Å²) in [6.45, 7) is 0. The van der Waals surface area contributed by atoms with E-state index < -0.39 is 0 Å². The van der Waals surface area contributed by atoms with E-state index in [1.807, 2.05) is 0 Å². The lowest BCUT2D eigenvalue weighted by Gasteiger charge is -2.27. The number of rotatable bonds is 3. The first-order chi connectivity index (χ1) is 26.8. The molecule has 1 aliphatic heterocycles. The summed E-state index contributed by atoms with van der Waals surface area (Å²) < 4.78 is 2.52. The van der Waals surface area contributed by atoms with Gasteiger partial charge in [0, 0.05) is 21.9 Å². The number of aromatic nitrogens is 1. The van der Waals surface area contributed by atoms with Gasteiger partial charge in [-0.3, -0.25) is 9.56 Å². The molecular formula is C51H33N3. The van der Waals surface area contributed by atoms with E-state index in [2.05, 4.69) is 180 Å². The average Bonchev–Trinajstić information content (AvgIpc) is 3.92. The Morgan fingerprint density at radius 2 is 1.22 bits per heavy atom. The van der Waals surface area contributed by atoms with Gasteiger partial charge in [0.15, 0.2) is 0 Å². The molecule has 9 aromatic rings. The van der Waals surface area contributed by atoms with Crippen LogP contribution < -0.4 is 15.9 Å². The standard InChI is InChI=1S/C51H33N3/c1-2-12-29(13-3-1)32-24-25-42-40(27-32)44-43(28-39-34-16-6-7-17-35(34)46-47-37-19-9-8-18-36(37)45(44)48(39)49(46)47)54(42)51-38-20-10-11-21-41(38)52-50(53-51)33-23-22-30-14-4-5-15-31(30)26-33/h1-28,46-47,49-50,53H. The fourth-order valence-corrected chi connectivity index (χ4v) is 10.5. The van der Waals surface area contributed by atoms with Crippen molar-refractivity contribution >= 4 is 38.4 Å². The highest BCUT2D eigenvalue weighted by molar-refractivity contribution is 6.20. The maximum absolute atomic E-state index is 5.34. The molecule has 4 atom stereocenters. The minimum atomic E-state index is -0.249. The van der Waals surface area contributed by atoms with Crippen LogP contribution >= 0.6 is 0 Å². The van der Waals surface area contributed by atoms with E-state index in [0.717, 1.165) is 22.0 Å². The summed E-state index contributed by atoms with van der Waals surface area (Å²) in [6, 6.07) is 62.9. The monoisotopic (exact) mass is 687 g/mol. The minimum absolute atomic E-state index is 0.249. The zero-order valence-corrected chi connectivity index (χ0v) is 29.4. The molecule has 54 heavy (non-hydrogen) atoms. The zero-order valence-electron chi connectivity index (χ0n) is 29.4. The van der Waals surface area contributed by atoms with E-state index in [1.54, 1.807) is 5.56 Å². The van der Waals surface area contributed by atoms with Crippen molar-refractivity contribution < 1.29 is 0 Å². The van der Waals surface area contributed by atoms with Gasteiger partial charge in [0.2, 0.25) is 0 Å². The predicted octanol–water partition coefficient (Wildman–Crippen LogP) is 10.8. The summed E-state index contributed by atoms with van der Waals surface area (Å²) in [5.74, 6) is 2.64.